The van der Waals surface area contributed by atoms with Gasteiger partial charge >= 0.3 is 5.97 Å². The normalized spacial score (nSPS) is 14.8. The van der Waals surface area contributed by atoms with Crippen molar-refractivity contribution in [2.75, 3.05) is 33.3 Å². The van der Waals surface area contributed by atoms with Gasteiger partial charge in [-0.3, -0.25) is 0 Å². The maximum absolute atomic E-state index is 13.1. The summed E-state index contributed by atoms with van der Waals surface area (Å²) in [6.45, 7) is 5.86. The molecule has 1 aliphatic heterocycles. The number of rotatable bonds is 7. The molecule has 0 saturated heterocycles. The largest absolute Gasteiger partial charge is 0.493 e. The summed E-state index contributed by atoms with van der Waals surface area (Å²) in [6, 6.07) is 10.9. The highest BCUT2D eigenvalue weighted by atomic mass is 16.5. The molecule has 0 bridgehead atoms. The molecule has 34 heavy (non-hydrogen) atoms. The fourth-order valence-electron chi connectivity index (χ4n) is 4.10. The molecular formula is C25H28N4O5. The number of nitrogens with zero attached hydrogens (tertiary/aromatic N) is 3. The van der Waals surface area contributed by atoms with Gasteiger partial charge < -0.3 is 24.3 Å². The van der Waals surface area contributed by atoms with Gasteiger partial charge in [0.25, 0.3) is 0 Å². The topological polar surface area (TPSA) is 96.7 Å². The Hall–Kier alpha value is -4.01. The molecule has 4 rings (SSSR count). The van der Waals surface area contributed by atoms with Crippen LogP contribution in [0, 0.1) is 6.92 Å². The molecule has 2 heterocycles. The van der Waals surface area contributed by atoms with Crippen LogP contribution in [0.25, 0.3) is 11.4 Å². The van der Waals surface area contributed by atoms with Crippen LogP contribution in [0.4, 0.5) is 5.95 Å². The van der Waals surface area contributed by atoms with Crippen molar-refractivity contribution in [3.8, 4) is 28.6 Å². The van der Waals surface area contributed by atoms with Gasteiger partial charge in [0.1, 0.15) is 6.04 Å². The molecule has 1 aliphatic rings. The number of ether oxygens (including phenoxy) is 4. The molecule has 1 N–H and O–H groups in total. The molecule has 0 saturated carbocycles. The number of hydrogen-bond donors (Lipinski definition) is 1. The van der Waals surface area contributed by atoms with Gasteiger partial charge in [0.15, 0.2) is 17.3 Å². The van der Waals surface area contributed by atoms with Crippen LogP contribution in [0.3, 0.4) is 0 Å². The Morgan fingerprint density at radius 3 is 2.35 bits per heavy atom. The van der Waals surface area contributed by atoms with Crippen LogP contribution in [0.15, 0.2) is 47.7 Å². The van der Waals surface area contributed by atoms with Crippen LogP contribution in [0.1, 0.15) is 31.0 Å². The Morgan fingerprint density at radius 2 is 1.76 bits per heavy atom. The van der Waals surface area contributed by atoms with Gasteiger partial charge in [0, 0.05) is 11.3 Å². The zero-order valence-corrected chi connectivity index (χ0v) is 20.1. The van der Waals surface area contributed by atoms with E-state index in [1.807, 2.05) is 50.2 Å². The molecule has 9 heteroatoms. The number of allylic oxidation sites excluding steroid dienone is 1. The molecule has 0 spiro atoms. The minimum atomic E-state index is -0.630. The molecule has 1 unspecified atom stereocenters. The Bertz CT molecular complexity index is 1240. The first-order valence-corrected chi connectivity index (χ1v) is 10.9. The van der Waals surface area contributed by atoms with Gasteiger partial charge in [-0.1, -0.05) is 23.8 Å². The van der Waals surface area contributed by atoms with E-state index in [1.165, 1.54) is 0 Å². The van der Waals surface area contributed by atoms with Gasteiger partial charge in [-0.2, -0.15) is 4.98 Å². The highest BCUT2D eigenvalue weighted by molar-refractivity contribution is 5.92. The Kier molecular flexibility index (Phi) is 6.45. The number of nitrogens with one attached hydrogen (secondary N) is 1. The maximum atomic E-state index is 13.1. The molecule has 1 aromatic heterocycles. The zero-order valence-electron chi connectivity index (χ0n) is 20.1. The number of hydrogen-bond acceptors (Lipinski definition) is 8. The molecule has 3 aromatic rings. The molecule has 1 atom stereocenters. The molecule has 2 aromatic carbocycles. The maximum Gasteiger partial charge on any atom is 0.338 e. The first-order chi connectivity index (χ1) is 16.4. The summed E-state index contributed by atoms with van der Waals surface area (Å²) < 4.78 is 23.7. The van der Waals surface area contributed by atoms with Crippen molar-refractivity contribution in [2.24, 2.45) is 0 Å². The lowest BCUT2D eigenvalue weighted by atomic mass is 9.95. The highest BCUT2D eigenvalue weighted by Crippen LogP contribution is 2.44. The Labute approximate surface area is 198 Å². The van der Waals surface area contributed by atoms with Crippen molar-refractivity contribution in [3.05, 3.63) is 58.8 Å². The predicted molar refractivity (Wildman–Crippen MR) is 127 cm³/mol. The summed E-state index contributed by atoms with van der Waals surface area (Å²) in [7, 11) is 4.64. The number of anilines is 1. The lowest BCUT2D eigenvalue weighted by Gasteiger charge is -2.28. The third-order valence-corrected chi connectivity index (χ3v) is 5.63. The predicted octanol–water partition coefficient (Wildman–Crippen LogP) is 4.13. The van der Waals surface area contributed by atoms with E-state index in [1.54, 1.807) is 32.9 Å². The molecule has 0 aliphatic carbocycles. The molecule has 178 valence electrons. The quantitative estimate of drug-likeness (QED) is 0.522. The summed E-state index contributed by atoms with van der Waals surface area (Å²) in [5.41, 5.74) is 3.74. The number of aromatic nitrogens is 3. The van der Waals surface area contributed by atoms with Gasteiger partial charge in [0.2, 0.25) is 11.7 Å². The van der Waals surface area contributed by atoms with Crippen molar-refractivity contribution in [1.82, 2.24) is 14.8 Å². The third kappa shape index (κ3) is 4.05. The van der Waals surface area contributed by atoms with Crippen LogP contribution in [0.5, 0.6) is 17.2 Å². The monoisotopic (exact) mass is 464 g/mol. The van der Waals surface area contributed by atoms with Crippen molar-refractivity contribution >= 4 is 11.9 Å². The second kappa shape index (κ2) is 9.46. The van der Waals surface area contributed by atoms with E-state index in [2.05, 4.69) is 5.32 Å². The fraction of sp³-hybridized carbons (Fsp3) is 0.320. The Balaban J connectivity index is 1.94. The average Bonchev–Trinajstić information content (AvgIpc) is 3.25. The summed E-state index contributed by atoms with van der Waals surface area (Å²) in [4.78, 5) is 17.8. The number of aryl methyl sites for hydroxylation is 1. The van der Waals surface area contributed by atoms with Gasteiger partial charge in [-0.15, -0.1) is 5.10 Å². The number of fused-ring (bicyclic) bond motifs is 1. The van der Waals surface area contributed by atoms with E-state index in [0.717, 1.165) is 11.1 Å². The second-order valence-electron chi connectivity index (χ2n) is 7.82. The fourth-order valence-corrected chi connectivity index (χ4v) is 4.10. The minimum Gasteiger partial charge on any atom is -0.493 e. The summed E-state index contributed by atoms with van der Waals surface area (Å²) in [6.07, 6.45) is 0. The van der Waals surface area contributed by atoms with E-state index in [0.29, 0.717) is 45.9 Å². The average molecular weight is 465 g/mol. The van der Waals surface area contributed by atoms with Crippen molar-refractivity contribution in [1.29, 1.82) is 0 Å². The first kappa shape index (κ1) is 23.2. The zero-order chi connectivity index (χ0) is 24.4. The van der Waals surface area contributed by atoms with E-state index < -0.39 is 12.0 Å². The smallest absolute Gasteiger partial charge is 0.338 e. The number of benzene rings is 2. The van der Waals surface area contributed by atoms with Crippen molar-refractivity contribution in [3.63, 3.8) is 0 Å². The van der Waals surface area contributed by atoms with E-state index in [-0.39, 0.29) is 6.61 Å². The second-order valence-corrected chi connectivity index (χ2v) is 7.82. The van der Waals surface area contributed by atoms with Crippen LogP contribution >= 0.6 is 0 Å². The van der Waals surface area contributed by atoms with Gasteiger partial charge in [-0.05, 0) is 44.5 Å². The number of methoxy groups -OCH3 is 3. The van der Waals surface area contributed by atoms with E-state index in [4.69, 9.17) is 29.0 Å². The lowest BCUT2D eigenvalue weighted by molar-refractivity contribution is -0.139. The first-order valence-electron chi connectivity index (χ1n) is 10.9. The molecule has 9 nitrogen and oxygen atoms in total. The SMILES string of the molecule is CCOC(=O)C1=C(C)Nc2nc(-c3cccc(C)c3)nn2C1c1cc(OC)c(OC)c(OC)c1. The van der Waals surface area contributed by atoms with Crippen molar-refractivity contribution < 1.29 is 23.7 Å². The third-order valence-electron chi connectivity index (χ3n) is 5.63. The van der Waals surface area contributed by atoms with E-state index in [9.17, 15) is 4.79 Å². The van der Waals surface area contributed by atoms with Crippen molar-refractivity contribution in [2.45, 2.75) is 26.8 Å². The highest BCUT2D eigenvalue weighted by Gasteiger charge is 2.36. The standard InChI is InChI=1S/C25H28N4O5/c1-7-34-24(30)20-15(3)26-25-27-23(16-10-8-9-14(2)11-16)28-29(25)21(20)17-12-18(31-4)22(33-6)19(13-17)32-5/h8-13,21H,7H2,1-6H3,(H,26,27,28). The number of esters is 1. The van der Waals surface area contributed by atoms with Crippen LogP contribution in [-0.4, -0.2) is 48.7 Å². The molecule has 0 amide bonds. The van der Waals surface area contributed by atoms with Crippen LogP contribution in [-0.2, 0) is 9.53 Å². The minimum absolute atomic E-state index is 0.246. The summed E-state index contributed by atoms with van der Waals surface area (Å²) in [5.74, 6) is 2.01. The van der Waals surface area contributed by atoms with Gasteiger partial charge in [-0.25, -0.2) is 9.48 Å². The van der Waals surface area contributed by atoms with Crippen LogP contribution < -0.4 is 19.5 Å². The molecular weight excluding hydrogens is 436 g/mol. The molecule has 0 fully saturated rings. The number of carbonyl (C=O) groups is 1. The lowest BCUT2D eigenvalue weighted by Crippen LogP contribution is -2.29. The summed E-state index contributed by atoms with van der Waals surface area (Å²) in [5, 5.41) is 8.00. The van der Waals surface area contributed by atoms with Gasteiger partial charge in [0.05, 0.1) is 33.5 Å². The van der Waals surface area contributed by atoms with Crippen LogP contribution in [0.2, 0.25) is 0 Å². The molecule has 0 radical (unpaired) electrons. The number of carbonyl (C=O) groups excluding carboxylic acids is 1. The Morgan fingerprint density at radius 1 is 1.06 bits per heavy atom. The summed E-state index contributed by atoms with van der Waals surface area (Å²) >= 11 is 0. The van der Waals surface area contributed by atoms with E-state index >= 15 is 0 Å².